The molecule has 0 saturated heterocycles. The minimum atomic E-state index is 0.0413. The van der Waals surface area contributed by atoms with Crippen molar-refractivity contribution >= 4 is 6.29 Å². The van der Waals surface area contributed by atoms with Crippen LogP contribution >= 0.6 is 0 Å². The van der Waals surface area contributed by atoms with E-state index in [0.29, 0.717) is 12.8 Å². The molecule has 0 saturated carbocycles. The number of nitrogens with one attached hydrogen (secondary N) is 1. The summed E-state index contributed by atoms with van der Waals surface area (Å²) in [6, 6.07) is 1.50. The molecule has 1 rings (SSSR count). The van der Waals surface area contributed by atoms with Gasteiger partial charge in [0.1, 0.15) is 6.29 Å². The van der Waals surface area contributed by atoms with Crippen molar-refractivity contribution in [3.63, 3.8) is 0 Å². The summed E-state index contributed by atoms with van der Waals surface area (Å²) in [6.45, 7) is 0. The van der Waals surface area contributed by atoms with Crippen LogP contribution in [0.15, 0.2) is 23.3 Å². The van der Waals surface area contributed by atoms with Crippen LogP contribution in [0.4, 0.5) is 0 Å². The quantitative estimate of drug-likeness (QED) is 0.532. The Labute approximate surface area is 70.4 Å². The van der Waals surface area contributed by atoms with E-state index in [1.807, 2.05) is 0 Å². The maximum atomic E-state index is 11.1. The zero-order valence-corrected chi connectivity index (χ0v) is 6.75. The smallest absolute Gasteiger partial charge is 0.184 e. The lowest BCUT2D eigenvalue weighted by Crippen LogP contribution is -2.06. The Hall–Kier alpha value is -1.38. The zero-order chi connectivity index (χ0) is 8.81. The highest BCUT2D eigenvalue weighted by Gasteiger charge is 1.96. The Balaban J connectivity index is 2.57. The summed E-state index contributed by atoms with van der Waals surface area (Å²) in [5.74, 6) is 0. The van der Waals surface area contributed by atoms with E-state index in [1.165, 1.54) is 6.07 Å². The number of carbonyl (C=O) groups is 1. The number of aromatic amines is 1. The monoisotopic (exact) mass is 165 g/mol. The summed E-state index contributed by atoms with van der Waals surface area (Å²) in [4.78, 5) is 23.9. The van der Waals surface area contributed by atoms with Crippen LogP contribution in [0.5, 0.6) is 0 Å². The van der Waals surface area contributed by atoms with E-state index in [9.17, 15) is 9.59 Å². The molecule has 12 heavy (non-hydrogen) atoms. The number of rotatable bonds is 4. The van der Waals surface area contributed by atoms with Gasteiger partial charge in [0, 0.05) is 30.4 Å². The predicted molar refractivity (Wildman–Crippen MR) is 46.1 cm³/mol. The molecule has 0 bridgehead atoms. The van der Waals surface area contributed by atoms with E-state index in [0.717, 1.165) is 18.3 Å². The lowest BCUT2D eigenvalue weighted by molar-refractivity contribution is -0.107. The topological polar surface area (TPSA) is 49.9 Å². The molecule has 0 atom stereocenters. The van der Waals surface area contributed by atoms with Gasteiger partial charge in [0.25, 0.3) is 0 Å². The van der Waals surface area contributed by atoms with Crippen molar-refractivity contribution in [3.8, 4) is 0 Å². The second-order valence-electron chi connectivity index (χ2n) is 2.59. The highest BCUT2D eigenvalue weighted by atomic mass is 16.1. The van der Waals surface area contributed by atoms with Crippen LogP contribution in [0.1, 0.15) is 18.4 Å². The third kappa shape index (κ3) is 2.34. The van der Waals surface area contributed by atoms with Crippen LogP contribution in [-0.4, -0.2) is 11.3 Å². The maximum Gasteiger partial charge on any atom is 0.184 e. The molecule has 1 aromatic rings. The third-order valence-corrected chi connectivity index (χ3v) is 1.67. The van der Waals surface area contributed by atoms with Crippen LogP contribution in [0, 0.1) is 0 Å². The Kier molecular flexibility index (Phi) is 3.26. The Morgan fingerprint density at radius 1 is 1.50 bits per heavy atom. The number of pyridine rings is 1. The minimum Gasteiger partial charge on any atom is -0.367 e. The first-order valence-corrected chi connectivity index (χ1v) is 3.94. The number of hydrogen-bond donors (Lipinski definition) is 1. The lowest BCUT2D eigenvalue weighted by atomic mass is 10.1. The van der Waals surface area contributed by atoms with Crippen molar-refractivity contribution in [1.82, 2.24) is 4.98 Å². The van der Waals surface area contributed by atoms with Crippen LogP contribution in [0.3, 0.4) is 0 Å². The van der Waals surface area contributed by atoms with E-state index < -0.39 is 0 Å². The molecule has 0 amide bonds. The van der Waals surface area contributed by atoms with Crippen LogP contribution < -0.4 is 5.43 Å². The van der Waals surface area contributed by atoms with Crippen LogP contribution in [0.2, 0.25) is 0 Å². The molecular weight excluding hydrogens is 154 g/mol. The molecule has 0 aromatic carbocycles. The molecular formula is C9H11NO2. The molecule has 0 aliphatic carbocycles. The molecule has 1 heterocycles. The number of hydrogen-bond acceptors (Lipinski definition) is 2. The largest absolute Gasteiger partial charge is 0.367 e. The molecule has 0 aliphatic heterocycles. The molecule has 0 spiro atoms. The van der Waals surface area contributed by atoms with Gasteiger partial charge >= 0.3 is 0 Å². The zero-order valence-electron chi connectivity index (χ0n) is 6.75. The first kappa shape index (κ1) is 8.71. The van der Waals surface area contributed by atoms with E-state index in [-0.39, 0.29) is 5.43 Å². The van der Waals surface area contributed by atoms with Gasteiger partial charge in [0.05, 0.1) is 0 Å². The van der Waals surface area contributed by atoms with Crippen LogP contribution in [-0.2, 0) is 11.2 Å². The molecule has 3 heteroatoms. The summed E-state index contributed by atoms with van der Waals surface area (Å²) in [5.41, 5.74) is 0.791. The summed E-state index contributed by atoms with van der Waals surface area (Å²) < 4.78 is 0. The highest BCUT2D eigenvalue weighted by Crippen LogP contribution is 1.96. The third-order valence-electron chi connectivity index (χ3n) is 1.67. The minimum absolute atomic E-state index is 0.0413. The number of aldehydes is 1. The Morgan fingerprint density at radius 3 is 3.00 bits per heavy atom. The van der Waals surface area contributed by atoms with Crippen molar-refractivity contribution in [2.24, 2.45) is 0 Å². The van der Waals surface area contributed by atoms with Gasteiger partial charge in [-0.1, -0.05) is 0 Å². The molecule has 0 radical (unpaired) electrons. The van der Waals surface area contributed by atoms with Gasteiger partial charge in [-0.25, -0.2) is 0 Å². The molecule has 3 nitrogen and oxygen atoms in total. The normalized spacial score (nSPS) is 9.67. The van der Waals surface area contributed by atoms with E-state index in [1.54, 1.807) is 12.4 Å². The first-order valence-electron chi connectivity index (χ1n) is 3.94. The van der Waals surface area contributed by atoms with E-state index >= 15 is 0 Å². The first-order chi connectivity index (χ1) is 5.84. The van der Waals surface area contributed by atoms with Gasteiger partial charge in [-0.05, 0) is 12.8 Å². The van der Waals surface area contributed by atoms with E-state index in [4.69, 9.17) is 0 Å². The summed E-state index contributed by atoms with van der Waals surface area (Å²) >= 11 is 0. The summed E-state index contributed by atoms with van der Waals surface area (Å²) in [5, 5.41) is 0. The number of H-pyrrole nitrogens is 1. The van der Waals surface area contributed by atoms with Crippen LogP contribution in [0.25, 0.3) is 0 Å². The Bertz CT molecular complexity index is 303. The molecule has 0 aliphatic rings. The maximum absolute atomic E-state index is 11.1. The van der Waals surface area contributed by atoms with E-state index in [2.05, 4.69) is 4.98 Å². The highest BCUT2D eigenvalue weighted by molar-refractivity contribution is 5.49. The SMILES string of the molecule is O=CCCCc1c[nH]ccc1=O. The summed E-state index contributed by atoms with van der Waals surface area (Å²) in [7, 11) is 0. The van der Waals surface area contributed by atoms with Gasteiger partial charge in [-0.2, -0.15) is 0 Å². The van der Waals surface area contributed by atoms with Gasteiger partial charge in [-0.15, -0.1) is 0 Å². The van der Waals surface area contributed by atoms with Gasteiger partial charge in [-0.3, -0.25) is 4.79 Å². The van der Waals surface area contributed by atoms with Crippen molar-refractivity contribution < 1.29 is 4.79 Å². The Morgan fingerprint density at radius 2 is 2.33 bits per heavy atom. The lowest BCUT2D eigenvalue weighted by Gasteiger charge is -1.95. The van der Waals surface area contributed by atoms with Crippen molar-refractivity contribution in [3.05, 3.63) is 34.2 Å². The predicted octanol–water partition coefficient (Wildman–Crippen LogP) is 0.896. The second kappa shape index (κ2) is 4.49. The molecule has 0 unspecified atom stereocenters. The fraction of sp³-hybridized carbons (Fsp3) is 0.333. The van der Waals surface area contributed by atoms with Crippen molar-refractivity contribution in [2.75, 3.05) is 0 Å². The van der Waals surface area contributed by atoms with Gasteiger partial charge in [0.2, 0.25) is 0 Å². The van der Waals surface area contributed by atoms with Crippen molar-refractivity contribution in [2.45, 2.75) is 19.3 Å². The molecule has 1 aromatic heterocycles. The number of carbonyl (C=O) groups excluding carboxylic acids is 1. The molecule has 0 fully saturated rings. The average molecular weight is 165 g/mol. The number of unbranched alkanes of at least 4 members (excludes halogenated alkanes) is 1. The number of aromatic nitrogens is 1. The standard InChI is InChI=1S/C9H11NO2/c11-6-2-1-3-8-7-10-5-4-9(8)12/h4-7H,1-3H2,(H,10,12). The fourth-order valence-electron chi connectivity index (χ4n) is 1.02. The average Bonchev–Trinajstić information content (AvgIpc) is 2.09. The summed E-state index contributed by atoms with van der Waals surface area (Å²) in [6.07, 6.45) is 6.11. The van der Waals surface area contributed by atoms with Gasteiger partial charge < -0.3 is 9.78 Å². The van der Waals surface area contributed by atoms with Crippen molar-refractivity contribution in [1.29, 1.82) is 0 Å². The second-order valence-corrected chi connectivity index (χ2v) is 2.59. The molecule has 1 N–H and O–H groups in total. The fourth-order valence-corrected chi connectivity index (χ4v) is 1.02. The molecule has 64 valence electrons. The number of aryl methyl sites for hydroxylation is 1. The van der Waals surface area contributed by atoms with Gasteiger partial charge in [0.15, 0.2) is 5.43 Å².